The van der Waals surface area contributed by atoms with E-state index in [1.165, 1.54) is 18.4 Å². The molecule has 1 fully saturated rings. The van der Waals surface area contributed by atoms with E-state index in [9.17, 15) is 0 Å². The maximum atomic E-state index is 6.28. The molecule has 1 aromatic carbocycles. The van der Waals surface area contributed by atoms with Crippen molar-refractivity contribution >= 4 is 23.2 Å². The summed E-state index contributed by atoms with van der Waals surface area (Å²) >= 11 is 12.3. The summed E-state index contributed by atoms with van der Waals surface area (Å²) in [7, 11) is 0. The molecule has 0 heterocycles. The minimum Gasteiger partial charge on any atom is -0.314 e. The highest BCUT2D eigenvalue weighted by atomic mass is 35.5. The molecule has 17 heavy (non-hydrogen) atoms. The smallest absolute Gasteiger partial charge is 0.0627 e. The molecule has 3 heteroatoms. The van der Waals surface area contributed by atoms with Crippen LogP contribution < -0.4 is 5.32 Å². The van der Waals surface area contributed by atoms with Gasteiger partial charge in [-0.25, -0.2) is 0 Å². The summed E-state index contributed by atoms with van der Waals surface area (Å²) in [5.41, 5.74) is 1.22. The van der Waals surface area contributed by atoms with Gasteiger partial charge in [0.25, 0.3) is 0 Å². The third kappa shape index (κ3) is 2.96. The van der Waals surface area contributed by atoms with Gasteiger partial charge in [-0.1, -0.05) is 49.2 Å². The zero-order valence-corrected chi connectivity index (χ0v) is 11.9. The van der Waals surface area contributed by atoms with Gasteiger partial charge in [0.05, 0.1) is 10.0 Å². The second-order valence-corrected chi connectivity index (χ2v) is 5.94. The predicted molar refractivity (Wildman–Crippen MR) is 75.1 cm³/mol. The van der Waals surface area contributed by atoms with Crippen molar-refractivity contribution in [1.82, 2.24) is 5.32 Å². The van der Waals surface area contributed by atoms with E-state index in [1.54, 1.807) is 0 Å². The van der Waals surface area contributed by atoms with Crippen molar-refractivity contribution in [3.05, 3.63) is 33.8 Å². The molecule has 94 valence electrons. The normalized spacial score (nSPS) is 23.8. The van der Waals surface area contributed by atoms with Crippen LogP contribution >= 0.6 is 23.2 Å². The average molecular weight is 272 g/mol. The lowest BCUT2D eigenvalue weighted by Crippen LogP contribution is -2.36. The second-order valence-electron chi connectivity index (χ2n) is 5.15. The molecule has 1 saturated carbocycles. The first-order valence-electron chi connectivity index (χ1n) is 6.27. The van der Waals surface area contributed by atoms with E-state index in [-0.39, 0.29) is 0 Å². The Hall–Kier alpha value is -0.240. The Labute approximate surface area is 114 Å². The van der Waals surface area contributed by atoms with Crippen LogP contribution in [0.4, 0.5) is 0 Å². The molecule has 2 unspecified atom stereocenters. The molecule has 0 spiro atoms. The minimum absolute atomic E-state index is 0.547. The lowest BCUT2D eigenvalue weighted by molar-refractivity contribution is 0.241. The van der Waals surface area contributed by atoms with Gasteiger partial charge in [0.1, 0.15) is 0 Å². The van der Waals surface area contributed by atoms with Crippen LogP contribution in [0.3, 0.4) is 0 Å². The van der Waals surface area contributed by atoms with Gasteiger partial charge in [0.15, 0.2) is 0 Å². The quantitative estimate of drug-likeness (QED) is 0.851. The van der Waals surface area contributed by atoms with Gasteiger partial charge >= 0.3 is 0 Å². The Morgan fingerprint density at radius 3 is 2.65 bits per heavy atom. The summed E-state index contributed by atoms with van der Waals surface area (Å²) < 4.78 is 0. The second kappa shape index (κ2) is 5.60. The fourth-order valence-corrected chi connectivity index (χ4v) is 2.86. The summed E-state index contributed by atoms with van der Waals surface area (Å²) in [6.07, 6.45) is 2.51. The topological polar surface area (TPSA) is 12.0 Å². The van der Waals surface area contributed by atoms with Gasteiger partial charge in [0, 0.05) is 6.04 Å². The summed E-state index contributed by atoms with van der Waals surface area (Å²) in [5, 5.41) is 4.92. The molecule has 0 amide bonds. The van der Waals surface area contributed by atoms with Crippen molar-refractivity contribution in [3.63, 3.8) is 0 Å². The Bertz CT molecular complexity index is 390. The number of nitrogens with one attached hydrogen (secondary N) is 1. The molecule has 1 aliphatic carbocycles. The van der Waals surface area contributed by atoms with Crippen LogP contribution in [-0.4, -0.2) is 12.6 Å². The molecule has 0 aliphatic heterocycles. The Balaban J connectivity index is 2.05. The van der Waals surface area contributed by atoms with Crippen molar-refractivity contribution in [2.75, 3.05) is 6.54 Å². The molecule has 1 N–H and O–H groups in total. The molecule has 0 aromatic heterocycles. The molecule has 1 aliphatic rings. The number of rotatable bonds is 4. The van der Waals surface area contributed by atoms with Crippen LogP contribution in [0.1, 0.15) is 38.2 Å². The van der Waals surface area contributed by atoms with E-state index in [2.05, 4.69) is 25.2 Å². The summed E-state index contributed by atoms with van der Waals surface area (Å²) in [6, 6.07) is 6.51. The van der Waals surface area contributed by atoms with E-state index in [4.69, 9.17) is 23.2 Å². The number of hydrogen-bond donors (Lipinski definition) is 1. The van der Waals surface area contributed by atoms with E-state index in [0.29, 0.717) is 22.9 Å². The molecule has 2 atom stereocenters. The van der Waals surface area contributed by atoms with Crippen LogP contribution in [0.15, 0.2) is 18.2 Å². The highest BCUT2D eigenvalue weighted by molar-refractivity contribution is 6.42. The van der Waals surface area contributed by atoms with Gasteiger partial charge in [-0.05, 0) is 42.9 Å². The number of halogens is 2. The van der Waals surface area contributed by atoms with Gasteiger partial charge in [-0.2, -0.15) is 0 Å². The maximum absolute atomic E-state index is 6.28. The monoisotopic (exact) mass is 271 g/mol. The van der Waals surface area contributed by atoms with Crippen molar-refractivity contribution in [2.45, 2.75) is 38.6 Å². The van der Waals surface area contributed by atoms with Crippen LogP contribution in [-0.2, 0) is 0 Å². The average Bonchev–Trinajstić information content (AvgIpc) is 2.23. The zero-order chi connectivity index (χ0) is 12.4. The molecule has 1 nitrogen and oxygen atoms in total. The van der Waals surface area contributed by atoms with Gasteiger partial charge < -0.3 is 5.32 Å². The molecular weight excluding hydrogens is 253 g/mol. The zero-order valence-electron chi connectivity index (χ0n) is 10.3. The molecule has 0 radical (unpaired) electrons. The van der Waals surface area contributed by atoms with Crippen LogP contribution in [0.5, 0.6) is 0 Å². The van der Waals surface area contributed by atoms with Gasteiger partial charge in [-0.3, -0.25) is 0 Å². The summed E-state index contributed by atoms with van der Waals surface area (Å²) in [4.78, 5) is 0. The lowest BCUT2D eigenvalue weighted by Gasteiger charge is -2.38. The largest absolute Gasteiger partial charge is 0.314 e. The van der Waals surface area contributed by atoms with Crippen LogP contribution in [0.2, 0.25) is 10.0 Å². The van der Waals surface area contributed by atoms with Crippen LogP contribution in [0, 0.1) is 5.92 Å². The van der Waals surface area contributed by atoms with E-state index in [0.717, 1.165) is 11.6 Å². The Kier molecular flexibility index (Phi) is 4.35. The van der Waals surface area contributed by atoms with E-state index >= 15 is 0 Å². The third-order valence-corrected chi connectivity index (χ3v) is 4.42. The predicted octanol–water partition coefficient (Wildman–Crippen LogP) is 4.49. The standard InChI is InChI=1S/C14H19Cl2N/c1-9(2)17-8-10-6-7-11(10)12-4-3-5-13(15)14(12)16/h3-5,9-11,17H,6-8H2,1-2H3. The van der Waals surface area contributed by atoms with Crippen molar-refractivity contribution in [3.8, 4) is 0 Å². The Morgan fingerprint density at radius 1 is 1.29 bits per heavy atom. The van der Waals surface area contributed by atoms with E-state index < -0.39 is 0 Å². The molecule has 1 aromatic rings. The van der Waals surface area contributed by atoms with Crippen molar-refractivity contribution < 1.29 is 0 Å². The molecular formula is C14H19Cl2N. The van der Waals surface area contributed by atoms with Crippen LogP contribution in [0.25, 0.3) is 0 Å². The highest BCUT2D eigenvalue weighted by Crippen LogP contribution is 2.45. The molecule has 2 rings (SSSR count). The Morgan fingerprint density at radius 2 is 2.06 bits per heavy atom. The third-order valence-electron chi connectivity index (χ3n) is 3.59. The summed E-state index contributed by atoms with van der Waals surface area (Å²) in [5.74, 6) is 1.28. The van der Waals surface area contributed by atoms with Gasteiger partial charge in [0.2, 0.25) is 0 Å². The first kappa shape index (κ1) is 13.2. The molecule has 0 bridgehead atoms. The maximum Gasteiger partial charge on any atom is 0.0627 e. The van der Waals surface area contributed by atoms with Crippen molar-refractivity contribution in [2.24, 2.45) is 5.92 Å². The lowest BCUT2D eigenvalue weighted by atomic mass is 9.70. The van der Waals surface area contributed by atoms with Crippen molar-refractivity contribution in [1.29, 1.82) is 0 Å². The minimum atomic E-state index is 0.547. The highest BCUT2D eigenvalue weighted by Gasteiger charge is 2.33. The SMILES string of the molecule is CC(C)NCC1CCC1c1cccc(Cl)c1Cl. The summed E-state index contributed by atoms with van der Waals surface area (Å²) in [6.45, 7) is 5.44. The molecule has 0 saturated heterocycles. The number of benzene rings is 1. The fourth-order valence-electron chi connectivity index (χ4n) is 2.42. The fraction of sp³-hybridized carbons (Fsp3) is 0.571. The van der Waals surface area contributed by atoms with E-state index in [1.807, 2.05) is 12.1 Å². The van der Waals surface area contributed by atoms with Gasteiger partial charge in [-0.15, -0.1) is 0 Å². The number of hydrogen-bond acceptors (Lipinski definition) is 1. The first-order chi connectivity index (χ1) is 8.09. The first-order valence-corrected chi connectivity index (χ1v) is 7.02.